The zero-order chi connectivity index (χ0) is 9.40. The van der Waals surface area contributed by atoms with Crippen molar-refractivity contribution in [3.8, 4) is 0 Å². The molecule has 0 bridgehead atoms. The molecule has 0 heterocycles. The molecule has 3 nitrogen and oxygen atoms in total. The standard InChI is InChI=1S/C9H18N2O/c1-4-8-11(5-2)9(12)6-7-10-3/h6-7,10H,4-5,8H2,1-3H3/b7-6+. The molecule has 0 radical (unpaired) electrons. The Kier molecular flexibility index (Phi) is 6.15. The number of likely N-dealkylation sites (N-methyl/N-ethyl adjacent to an activating group) is 1. The fraction of sp³-hybridized carbons (Fsp3) is 0.667. The molecule has 0 aromatic carbocycles. The summed E-state index contributed by atoms with van der Waals surface area (Å²) in [4.78, 5) is 13.1. The van der Waals surface area contributed by atoms with Gasteiger partial charge in [0, 0.05) is 32.4 Å². The minimum atomic E-state index is 0.0775. The van der Waals surface area contributed by atoms with Gasteiger partial charge in [0.1, 0.15) is 0 Å². The lowest BCUT2D eigenvalue weighted by Gasteiger charge is -2.17. The van der Waals surface area contributed by atoms with E-state index in [0.29, 0.717) is 0 Å². The number of rotatable bonds is 5. The number of hydrogen-bond donors (Lipinski definition) is 1. The molecule has 3 heteroatoms. The molecule has 0 spiro atoms. The second-order valence-corrected chi connectivity index (χ2v) is 2.54. The predicted molar refractivity (Wildman–Crippen MR) is 50.7 cm³/mol. The third-order valence-corrected chi connectivity index (χ3v) is 1.58. The molecule has 0 aliphatic heterocycles. The van der Waals surface area contributed by atoms with Crippen LogP contribution in [0.1, 0.15) is 20.3 Å². The molecule has 0 saturated heterocycles. The zero-order valence-electron chi connectivity index (χ0n) is 8.13. The molecule has 0 atom stereocenters. The summed E-state index contributed by atoms with van der Waals surface area (Å²) in [5.74, 6) is 0.0775. The molecule has 0 saturated carbocycles. The number of carbonyl (C=O) groups excluding carboxylic acids is 1. The zero-order valence-corrected chi connectivity index (χ0v) is 8.13. The summed E-state index contributed by atoms with van der Waals surface area (Å²) in [6.07, 6.45) is 4.22. The lowest BCUT2D eigenvalue weighted by atomic mass is 10.4. The first-order valence-electron chi connectivity index (χ1n) is 4.39. The van der Waals surface area contributed by atoms with Crippen molar-refractivity contribution in [3.05, 3.63) is 12.3 Å². The molecule has 1 amide bonds. The van der Waals surface area contributed by atoms with E-state index < -0.39 is 0 Å². The minimum absolute atomic E-state index is 0.0775. The van der Waals surface area contributed by atoms with Crippen LogP contribution in [0.25, 0.3) is 0 Å². The summed E-state index contributed by atoms with van der Waals surface area (Å²) >= 11 is 0. The van der Waals surface area contributed by atoms with Gasteiger partial charge < -0.3 is 10.2 Å². The van der Waals surface area contributed by atoms with Crippen LogP contribution in [0.2, 0.25) is 0 Å². The Morgan fingerprint density at radius 3 is 2.58 bits per heavy atom. The average Bonchev–Trinajstić information content (AvgIpc) is 2.10. The first kappa shape index (κ1) is 11.0. The van der Waals surface area contributed by atoms with Gasteiger partial charge in [-0.15, -0.1) is 0 Å². The predicted octanol–water partition coefficient (Wildman–Crippen LogP) is 0.978. The van der Waals surface area contributed by atoms with Crippen LogP contribution in [0, 0.1) is 0 Å². The first-order chi connectivity index (χ1) is 5.76. The molecule has 0 fully saturated rings. The van der Waals surface area contributed by atoms with E-state index in [1.807, 2.05) is 11.8 Å². The van der Waals surface area contributed by atoms with Crippen molar-refractivity contribution >= 4 is 5.91 Å². The largest absolute Gasteiger partial charge is 0.394 e. The second kappa shape index (κ2) is 6.70. The van der Waals surface area contributed by atoms with Gasteiger partial charge in [0.2, 0.25) is 5.91 Å². The van der Waals surface area contributed by atoms with Crippen LogP contribution in [-0.4, -0.2) is 30.9 Å². The molecule has 0 aliphatic rings. The SMILES string of the molecule is CCCN(CC)C(=O)/C=C/NC. The van der Waals surface area contributed by atoms with E-state index >= 15 is 0 Å². The highest BCUT2D eigenvalue weighted by molar-refractivity contribution is 5.87. The molecular formula is C9H18N2O. The topological polar surface area (TPSA) is 32.3 Å². The van der Waals surface area contributed by atoms with Crippen LogP contribution in [-0.2, 0) is 4.79 Å². The highest BCUT2D eigenvalue weighted by atomic mass is 16.2. The van der Waals surface area contributed by atoms with Crippen LogP contribution < -0.4 is 5.32 Å². The Hall–Kier alpha value is -0.990. The van der Waals surface area contributed by atoms with E-state index in [-0.39, 0.29) is 5.91 Å². The lowest BCUT2D eigenvalue weighted by Crippen LogP contribution is -2.30. The fourth-order valence-electron chi connectivity index (χ4n) is 0.954. The molecule has 12 heavy (non-hydrogen) atoms. The van der Waals surface area contributed by atoms with Crippen molar-refractivity contribution in [2.45, 2.75) is 20.3 Å². The number of carbonyl (C=O) groups is 1. The molecule has 0 rings (SSSR count). The highest BCUT2D eigenvalue weighted by Crippen LogP contribution is 1.92. The van der Waals surface area contributed by atoms with Crippen LogP contribution in [0.15, 0.2) is 12.3 Å². The molecule has 0 unspecified atom stereocenters. The molecule has 0 aromatic rings. The summed E-state index contributed by atoms with van der Waals surface area (Å²) in [6, 6.07) is 0. The normalized spacial score (nSPS) is 10.2. The Bertz CT molecular complexity index is 155. The number of nitrogens with zero attached hydrogens (tertiary/aromatic N) is 1. The quantitative estimate of drug-likeness (QED) is 0.624. The minimum Gasteiger partial charge on any atom is -0.394 e. The van der Waals surface area contributed by atoms with Crippen molar-refractivity contribution in [2.24, 2.45) is 0 Å². The summed E-state index contributed by atoms with van der Waals surface area (Å²) in [5, 5.41) is 2.79. The maximum Gasteiger partial charge on any atom is 0.247 e. The fourth-order valence-corrected chi connectivity index (χ4v) is 0.954. The first-order valence-corrected chi connectivity index (χ1v) is 4.39. The molecule has 1 N–H and O–H groups in total. The van der Waals surface area contributed by atoms with Crippen LogP contribution in [0.4, 0.5) is 0 Å². The van der Waals surface area contributed by atoms with Crippen LogP contribution in [0.5, 0.6) is 0 Å². The van der Waals surface area contributed by atoms with Crippen molar-refractivity contribution < 1.29 is 4.79 Å². The van der Waals surface area contributed by atoms with E-state index in [9.17, 15) is 4.79 Å². The van der Waals surface area contributed by atoms with Gasteiger partial charge >= 0.3 is 0 Å². The van der Waals surface area contributed by atoms with Crippen molar-refractivity contribution in [1.82, 2.24) is 10.2 Å². The maximum absolute atomic E-state index is 11.3. The lowest BCUT2D eigenvalue weighted by molar-refractivity contribution is -0.125. The number of nitrogens with one attached hydrogen (secondary N) is 1. The van der Waals surface area contributed by atoms with Crippen LogP contribution in [0.3, 0.4) is 0 Å². The van der Waals surface area contributed by atoms with Crippen molar-refractivity contribution in [2.75, 3.05) is 20.1 Å². The third-order valence-electron chi connectivity index (χ3n) is 1.58. The Morgan fingerprint density at radius 2 is 2.17 bits per heavy atom. The van der Waals surface area contributed by atoms with E-state index in [4.69, 9.17) is 0 Å². The van der Waals surface area contributed by atoms with Gasteiger partial charge in [-0.1, -0.05) is 6.92 Å². The molecule has 0 aliphatic carbocycles. The molecule has 70 valence electrons. The Morgan fingerprint density at radius 1 is 1.50 bits per heavy atom. The summed E-state index contributed by atoms with van der Waals surface area (Å²) < 4.78 is 0. The summed E-state index contributed by atoms with van der Waals surface area (Å²) in [5.41, 5.74) is 0. The van der Waals surface area contributed by atoms with E-state index in [2.05, 4.69) is 12.2 Å². The van der Waals surface area contributed by atoms with E-state index in [1.165, 1.54) is 0 Å². The summed E-state index contributed by atoms with van der Waals surface area (Å²) in [7, 11) is 1.78. The van der Waals surface area contributed by atoms with Gasteiger partial charge in [-0.3, -0.25) is 4.79 Å². The van der Waals surface area contributed by atoms with Gasteiger partial charge in [0.25, 0.3) is 0 Å². The second-order valence-electron chi connectivity index (χ2n) is 2.54. The van der Waals surface area contributed by atoms with Gasteiger partial charge in [-0.2, -0.15) is 0 Å². The van der Waals surface area contributed by atoms with Crippen molar-refractivity contribution in [3.63, 3.8) is 0 Å². The Labute approximate surface area is 74.4 Å². The van der Waals surface area contributed by atoms with Gasteiger partial charge in [-0.25, -0.2) is 0 Å². The number of amides is 1. The smallest absolute Gasteiger partial charge is 0.247 e. The maximum atomic E-state index is 11.3. The highest BCUT2D eigenvalue weighted by Gasteiger charge is 2.05. The Balaban J connectivity index is 3.93. The monoisotopic (exact) mass is 170 g/mol. The molecule has 0 aromatic heterocycles. The van der Waals surface area contributed by atoms with Crippen molar-refractivity contribution in [1.29, 1.82) is 0 Å². The van der Waals surface area contributed by atoms with Gasteiger partial charge in [0.05, 0.1) is 0 Å². The molecular weight excluding hydrogens is 152 g/mol. The average molecular weight is 170 g/mol. The third kappa shape index (κ3) is 4.01. The van der Waals surface area contributed by atoms with Gasteiger partial charge in [-0.05, 0) is 13.3 Å². The van der Waals surface area contributed by atoms with E-state index in [1.54, 1.807) is 19.3 Å². The van der Waals surface area contributed by atoms with Crippen LogP contribution >= 0.6 is 0 Å². The van der Waals surface area contributed by atoms with Gasteiger partial charge in [0.15, 0.2) is 0 Å². The van der Waals surface area contributed by atoms with E-state index in [0.717, 1.165) is 19.5 Å². The number of hydrogen-bond acceptors (Lipinski definition) is 2. The summed E-state index contributed by atoms with van der Waals surface area (Å²) in [6.45, 7) is 5.67.